The Bertz CT molecular complexity index is 600. The molecule has 1 amide bonds. The molecular weight excluding hydrogens is 252 g/mol. The average molecular weight is 265 g/mol. The summed E-state index contributed by atoms with van der Waals surface area (Å²) in [7, 11) is 0. The number of benzene rings is 1. The zero-order valence-electron chi connectivity index (χ0n) is 9.69. The van der Waals surface area contributed by atoms with Gasteiger partial charge in [-0.3, -0.25) is 4.79 Å². The predicted molar refractivity (Wildman–Crippen MR) is 71.5 cm³/mol. The molecule has 0 aliphatic heterocycles. The van der Waals surface area contributed by atoms with Crippen LogP contribution in [-0.4, -0.2) is 22.0 Å². The van der Waals surface area contributed by atoms with Crippen molar-refractivity contribution in [3.63, 3.8) is 0 Å². The number of halogens is 1. The molecule has 1 heterocycles. The molecule has 0 unspecified atom stereocenters. The molecule has 2 aromatic rings. The zero-order chi connectivity index (χ0) is 13.1. The van der Waals surface area contributed by atoms with Gasteiger partial charge in [0, 0.05) is 11.3 Å². The van der Waals surface area contributed by atoms with Gasteiger partial charge < -0.3 is 11.5 Å². The number of nitrogen functional groups attached to an aromatic ring is 1. The van der Waals surface area contributed by atoms with Gasteiger partial charge in [-0.2, -0.15) is 0 Å². The van der Waals surface area contributed by atoms with Gasteiger partial charge in [0.15, 0.2) is 5.69 Å². The van der Waals surface area contributed by atoms with Crippen LogP contribution in [0.25, 0.3) is 10.9 Å². The van der Waals surface area contributed by atoms with E-state index in [0.717, 1.165) is 18.4 Å². The minimum absolute atomic E-state index is 0.0111. The SMILES string of the molecule is NC(=O)c1nnc2c(CCCCl)cccc2c1N. The van der Waals surface area contributed by atoms with Crippen LogP contribution in [0.3, 0.4) is 0 Å². The van der Waals surface area contributed by atoms with E-state index in [0.29, 0.717) is 16.8 Å². The molecule has 2 rings (SSSR count). The molecule has 0 aliphatic carbocycles. The van der Waals surface area contributed by atoms with E-state index in [4.69, 9.17) is 23.1 Å². The highest BCUT2D eigenvalue weighted by atomic mass is 35.5. The summed E-state index contributed by atoms with van der Waals surface area (Å²) in [4.78, 5) is 11.1. The maximum Gasteiger partial charge on any atom is 0.271 e. The minimum Gasteiger partial charge on any atom is -0.396 e. The molecule has 0 aliphatic rings. The summed E-state index contributed by atoms with van der Waals surface area (Å²) in [6.45, 7) is 0. The molecule has 94 valence electrons. The first kappa shape index (κ1) is 12.6. The lowest BCUT2D eigenvalue weighted by molar-refractivity contribution is 0.0996. The van der Waals surface area contributed by atoms with Crippen LogP contribution in [-0.2, 0) is 6.42 Å². The van der Waals surface area contributed by atoms with Crippen molar-refractivity contribution < 1.29 is 4.79 Å². The maximum absolute atomic E-state index is 11.1. The Hall–Kier alpha value is -1.88. The Kier molecular flexibility index (Phi) is 3.62. The second-order valence-electron chi connectivity index (χ2n) is 3.93. The second kappa shape index (κ2) is 5.18. The van der Waals surface area contributed by atoms with Crippen LogP contribution in [0.5, 0.6) is 0 Å². The van der Waals surface area contributed by atoms with Crippen LogP contribution < -0.4 is 11.5 Å². The number of primary amides is 1. The van der Waals surface area contributed by atoms with Crippen LogP contribution >= 0.6 is 11.6 Å². The number of carbonyl (C=O) groups excluding carboxylic acids is 1. The lowest BCUT2D eigenvalue weighted by atomic mass is 10.0. The molecule has 0 spiro atoms. The number of nitrogens with zero attached hydrogens (tertiary/aromatic N) is 2. The largest absolute Gasteiger partial charge is 0.396 e. The van der Waals surface area contributed by atoms with Crippen molar-refractivity contribution in [1.82, 2.24) is 10.2 Å². The van der Waals surface area contributed by atoms with E-state index in [2.05, 4.69) is 10.2 Å². The molecule has 0 saturated carbocycles. The normalized spacial score (nSPS) is 10.7. The van der Waals surface area contributed by atoms with E-state index >= 15 is 0 Å². The van der Waals surface area contributed by atoms with Crippen LogP contribution in [0.15, 0.2) is 18.2 Å². The van der Waals surface area contributed by atoms with Crippen molar-refractivity contribution in [3.05, 3.63) is 29.5 Å². The third kappa shape index (κ3) is 2.22. The molecule has 5 nitrogen and oxygen atoms in total. The highest BCUT2D eigenvalue weighted by Gasteiger charge is 2.13. The van der Waals surface area contributed by atoms with Gasteiger partial charge in [-0.25, -0.2) is 0 Å². The predicted octanol–water partition coefficient (Wildman–Crippen LogP) is 1.48. The molecule has 4 N–H and O–H groups in total. The Labute approximate surface area is 109 Å². The van der Waals surface area contributed by atoms with Crippen molar-refractivity contribution in [2.24, 2.45) is 5.73 Å². The Balaban J connectivity index is 2.59. The summed E-state index contributed by atoms with van der Waals surface area (Å²) < 4.78 is 0. The number of hydrogen-bond donors (Lipinski definition) is 2. The number of amides is 1. The number of hydrogen-bond acceptors (Lipinski definition) is 4. The highest BCUT2D eigenvalue weighted by molar-refractivity contribution is 6.17. The number of carbonyl (C=O) groups is 1. The number of alkyl halides is 1. The van der Waals surface area contributed by atoms with E-state index in [1.807, 2.05) is 12.1 Å². The first-order valence-corrected chi connectivity index (χ1v) is 6.08. The van der Waals surface area contributed by atoms with Gasteiger partial charge in [-0.05, 0) is 18.4 Å². The smallest absolute Gasteiger partial charge is 0.271 e. The molecule has 0 atom stereocenters. The van der Waals surface area contributed by atoms with Gasteiger partial charge in [0.25, 0.3) is 5.91 Å². The molecule has 0 bridgehead atoms. The molecule has 0 saturated heterocycles. The number of aryl methyl sites for hydroxylation is 1. The summed E-state index contributed by atoms with van der Waals surface area (Å²) in [6.07, 6.45) is 1.64. The van der Waals surface area contributed by atoms with E-state index < -0.39 is 5.91 Å². The fraction of sp³-hybridized carbons (Fsp3) is 0.250. The van der Waals surface area contributed by atoms with E-state index in [1.54, 1.807) is 6.07 Å². The van der Waals surface area contributed by atoms with Gasteiger partial charge in [-0.1, -0.05) is 18.2 Å². The number of rotatable bonds is 4. The molecule has 1 aromatic heterocycles. The average Bonchev–Trinajstić information content (AvgIpc) is 2.36. The van der Waals surface area contributed by atoms with Crippen molar-refractivity contribution in [2.75, 3.05) is 11.6 Å². The molecular formula is C12H13ClN4O. The number of aromatic nitrogens is 2. The summed E-state index contributed by atoms with van der Waals surface area (Å²) in [6, 6.07) is 5.62. The third-order valence-corrected chi connectivity index (χ3v) is 3.00. The Morgan fingerprint density at radius 2 is 2.11 bits per heavy atom. The monoisotopic (exact) mass is 264 g/mol. The van der Waals surface area contributed by atoms with Gasteiger partial charge in [0.05, 0.1) is 11.2 Å². The first-order valence-electron chi connectivity index (χ1n) is 5.54. The molecule has 6 heteroatoms. The standard InChI is InChI=1S/C12H13ClN4O/c13-6-2-4-7-3-1-5-8-9(14)11(12(15)18)17-16-10(7)8/h1,3,5H,2,4,6H2,(H2,14,16)(H2,15,18). The van der Waals surface area contributed by atoms with Crippen LogP contribution in [0.1, 0.15) is 22.5 Å². The fourth-order valence-electron chi connectivity index (χ4n) is 1.85. The lowest BCUT2D eigenvalue weighted by Crippen LogP contribution is -2.17. The Morgan fingerprint density at radius 3 is 2.78 bits per heavy atom. The van der Waals surface area contributed by atoms with Crippen LogP contribution in [0.2, 0.25) is 0 Å². The molecule has 0 fully saturated rings. The van der Waals surface area contributed by atoms with Gasteiger partial charge in [-0.15, -0.1) is 21.8 Å². The molecule has 18 heavy (non-hydrogen) atoms. The van der Waals surface area contributed by atoms with E-state index in [1.165, 1.54) is 0 Å². The summed E-state index contributed by atoms with van der Waals surface area (Å²) in [5, 5.41) is 8.53. The topological polar surface area (TPSA) is 94.9 Å². The zero-order valence-corrected chi connectivity index (χ0v) is 10.4. The Morgan fingerprint density at radius 1 is 1.33 bits per heavy atom. The maximum atomic E-state index is 11.1. The van der Waals surface area contributed by atoms with Gasteiger partial charge >= 0.3 is 0 Å². The van der Waals surface area contributed by atoms with Crippen molar-refractivity contribution in [1.29, 1.82) is 0 Å². The lowest BCUT2D eigenvalue weighted by Gasteiger charge is -2.08. The fourth-order valence-corrected chi connectivity index (χ4v) is 1.98. The second-order valence-corrected chi connectivity index (χ2v) is 4.31. The highest BCUT2D eigenvalue weighted by Crippen LogP contribution is 2.24. The quantitative estimate of drug-likeness (QED) is 0.818. The first-order chi connectivity index (χ1) is 8.65. The molecule has 0 radical (unpaired) electrons. The van der Waals surface area contributed by atoms with Crippen LogP contribution in [0.4, 0.5) is 5.69 Å². The minimum atomic E-state index is -0.673. The summed E-state index contributed by atoms with van der Waals surface area (Å²) >= 11 is 5.68. The summed E-state index contributed by atoms with van der Waals surface area (Å²) in [5.74, 6) is -0.0911. The van der Waals surface area contributed by atoms with Crippen molar-refractivity contribution in [2.45, 2.75) is 12.8 Å². The van der Waals surface area contributed by atoms with Gasteiger partial charge in [0.1, 0.15) is 0 Å². The van der Waals surface area contributed by atoms with Crippen molar-refractivity contribution >= 4 is 34.1 Å². The summed E-state index contributed by atoms with van der Waals surface area (Å²) in [5.41, 5.74) is 13.1. The van der Waals surface area contributed by atoms with Gasteiger partial charge in [0.2, 0.25) is 0 Å². The number of nitrogens with two attached hydrogens (primary N) is 2. The van der Waals surface area contributed by atoms with E-state index in [9.17, 15) is 4.79 Å². The van der Waals surface area contributed by atoms with Crippen LogP contribution in [0, 0.1) is 0 Å². The van der Waals surface area contributed by atoms with Crippen molar-refractivity contribution in [3.8, 4) is 0 Å². The van der Waals surface area contributed by atoms with E-state index in [-0.39, 0.29) is 11.4 Å². The number of anilines is 1. The number of fused-ring (bicyclic) bond motifs is 1. The third-order valence-electron chi connectivity index (χ3n) is 2.73. The molecule has 1 aromatic carbocycles.